The van der Waals surface area contributed by atoms with Crippen LogP contribution in [0.5, 0.6) is 0 Å². The fourth-order valence-corrected chi connectivity index (χ4v) is 5.20. The van der Waals surface area contributed by atoms with Crippen LogP contribution in [0.25, 0.3) is 5.57 Å². The van der Waals surface area contributed by atoms with Crippen LogP contribution < -0.4 is 0 Å². The Morgan fingerprint density at radius 3 is 2.84 bits per heavy atom. The first-order valence-corrected chi connectivity index (χ1v) is 10.0. The van der Waals surface area contributed by atoms with Crippen LogP contribution in [0.4, 0.5) is 0 Å². The highest BCUT2D eigenvalue weighted by atomic mass is 35.5. The molecule has 0 aromatic heterocycles. The Hall–Kier alpha value is -1.31. The average Bonchev–Trinajstić information content (AvgIpc) is 2.87. The van der Waals surface area contributed by atoms with E-state index in [0.717, 1.165) is 60.6 Å². The summed E-state index contributed by atoms with van der Waals surface area (Å²) in [5, 5.41) is 12.7. The molecule has 25 heavy (non-hydrogen) atoms. The number of fused-ring (bicyclic) bond motifs is 2. The summed E-state index contributed by atoms with van der Waals surface area (Å²) in [5.74, 6) is 1.01. The van der Waals surface area contributed by atoms with Gasteiger partial charge in [0.05, 0.1) is 5.60 Å². The molecule has 1 N–H and O–H groups in total. The molecule has 3 aliphatic carbocycles. The summed E-state index contributed by atoms with van der Waals surface area (Å²) in [6, 6.07) is 8.08. The summed E-state index contributed by atoms with van der Waals surface area (Å²) in [7, 11) is 0. The fourth-order valence-electron chi connectivity index (χ4n) is 5.01. The standard InChI is InChI=1S/C23H27ClO/c1-16-10-11-17-12-13-23(25,22(16)14-17)21-9-4-2-3-8-20(21)18-6-5-7-19(24)15-18/h5-10,15,17,22,25H,2-4,11-14H2,1H3. The number of allylic oxidation sites excluding steroid dienone is 3. The highest BCUT2D eigenvalue weighted by Crippen LogP contribution is 2.52. The minimum absolute atomic E-state index is 0.256. The lowest BCUT2D eigenvalue weighted by atomic mass is 9.60. The van der Waals surface area contributed by atoms with Crippen molar-refractivity contribution in [1.29, 1.82) is 0 Å². The molecule has 1 aromatic carbocycles. The van der Waals surface area contributed by atoms with E-state index in [2.05, 4.69) is 31.2 Å². The molecule has 0 amide bonds. The Labute approximate surface area is 156 Å². The minimum Gasteiger partial charge on any atom is -0.385 e. The molecule has 2 bridgehead atoms. The Kier molecular flexibility index (Phi) is 4.64. The normalized spacial score (nSPS) is 32.4. The van der Waals surface area contributed by atoms with Crippen LogP contribution in [0.15, 0.2) is 53.6 Å². The highest BCUT2D eigenvalue weighted by molar-refractivity contribution is 6.30. The summed E-state index contributed by atoms with van der Waals surface area (Å²) in [6.07, 6.45) is 14.5. The molecule has 0 aliphatic heterocycles. The van der Waals surface area contributed by atoms with Crippen molar-refractivity contribution < 1.29 is 5.11 Å². The van der Waals surface area contributed by atoms with Gasteiger partial charge in [0.25, 0.3) is 0 Å². The van der Waals surface area contributed by atoms with Crippen molar-refractivity contribution in [2.75, 3.05) is 0 Å². The number of hydrogen-bond acceptors (Lipinski definition) is 1. The van der Waals surface area contributed by atoms with Crippen LogP contribution in [-0.4, -0.2) is 10.7 Å². The average molecular weight is 355 g/mol. The van der Waals surface area contributed by atoms with E-state index >= 15 is 0 Å². The Morgan fingerprint density at radius 1 is 1.16 bits per heavy atom. The summed E-state index contributed by atoms with van der Waals surface area (Å²) >= 11 is 6.26. The van der Waals surface area contributed by atoms with Crippen molar-refractivity contribution in [1.82, 2.24) is 0 Å². The molecule has 1 aromatic rings. The van der Waals surface area contributed by atoms with Crippen molar-refractivity contribution in [2.24, 2.45) is 11.8 Å². The van der Waals surface area contributed by atoms with Gasteiger partial charge in [-0.15, -0.1) is 0 Å². The van der Waals surface area contributed by atoms with E-state index in [1.54, 1.807) is 0 Å². The second-order valence-electron chi connectivity index (χ2n) is 7.98. The van der Waals surface area contributed by atoms with Crippen molar-refractivity contribution in [3.05, 3.63) is 64.2 Å². The van der Waals surface area contributed by atoms with Gasteiger partial charge in [0, 0.05) is 10.9 Å². The topological polar surface area (TPSA) is 20.2 Å². The Bertz CT molecular complexity index is 757. The molecule has 3 atom stereocenters. The molecule has 1 nitrogen and oxygen atoms in total. The molecular formula is C23H27ClO. The minimum atomic E-state index is -0.740. The zero-order valence-corrected chi connectivity index (χ0v) is 15.7. The molecule has 3 unspecified atom stereocenters. The number of halogens is 1. The van der Waals surface area contributed by atoms with E-state index in [1.165, 1.54) is 17.6 Å². The third-order valence-corrected chi connectivity index (χ3v) is 6.63. The number of benzene rings is 1. The molecule has 0 radical (unpaired) electrons. The maximum absolute atomic E-state index is 11.9. The van der Waals surface area contributed by atoms with Gasteiger partial charge < -0.3 is 5.11 Å². The summed E-state index contributed by atoms with van der Waals surface area (Å²) in [5.41, 5.74) is 4.10. The van der Waals surface area contributed by atoms with Crippen molar-refractivity contribution in [3.63, 3.8) is 0 Å². The highest BCUT2D eigenvalue weighted by Gasteiger charge is 2.47. The molecule has 0 spiro atoms. The smallest absolute Gasteiger partial charge is 0.0964 e. The van der Waals surface area contributed by atoms with Gasteiger partial charge in [-0.05, 0) is 86.6 Å². The zero-order valence-electron chi connectivity index (χ0n) is 15.0. The van der Waals surface area contributed by atoms with Gasteiger partial charge in [-0.25, -0.2) is 0 Å². The SMILES string of the molecule is CC1=CCC2CCC(O)(C3=CCCCC=C3c3cccc(Cl)c3)C1C2. The van der Waals surface area contributed by atoms with Crippen LogP contribution in [-0.2, 0) is 0 Å². The molecule has 0 saturated heterocycles. The number of aliphatic hydroxyl groups is 1. The first-order valence-electron chi connectivity index (χ1n) is 9.64. The molecule has 1 saturated carbocycles. The summed E-state index contributed by atoms with van der Waals surface area (Å²) < 4.78 is 0. The lowest BCUT2D eigenvalue weighted by Gasteiger charge is -2.48. The van der Waals surface area contributed by atoms with Gasteiger partial charge in [-0.2, -0.15) is 0 Å². The monoisotopic (exact) mass is 354 g/mol. The molecule has 2 heteroatoms. The third-order valence-electron chi connectivity index (χ3n) is 6.40. The third kappa shape index (κ3) is 3.13. The number of rotatable bonds is 2. The maximum Gasteiger partial charge on any atom is 0.0964 e. The second-order valence-corrected chi connectivity index (χ2v) is 8.41. The van der Waals surface area contributed by atoms with Gasteiger partial charge in [-0.1, -0.05) is 47.5 Å². The number of hydrogen-bond donors (Lipinski definition) is 1. The van der Waals surface area contributed by atoms with Crippen LogP contribution in [0.1, 0.15) is 57.4 Å². The zero-order chi connectivity index (χ0) is 17.4. The molecule has 4 rings (SSSR count). The molecule has 1 fully saturated rings. The van der Waals surface area contributed by atoms with E-state index in [1.807, 2.05) is 18.2 Å². The largest absolute Gasteiger partial charge is 0.385 e. The van der Waals surface area contributed by atoms with E-state index in [4.69, 9.17) is 11.6 Å². The van der Waals surface area contributed by atoms with Crippen LogP contribution >= 0.6 is 11.6 Å². The van der Waals surface area contributed by atoms with Gasteiger partial charge >= 0.3 is 0 Å². The van der Waals surface area contributed by atoms with Crippen molar-refractivity contribution in [2.45, 2.75) is 57.5 Å². The Balaban J connectivity index is 1.79. The quantitative estimate of drug-likeness (QED) is 0.615. The molecular weight excluding hydrogens is 328 g/mol. The molecule has 3 aliphatic rings. The van der Waals surface area contributed by atoms with Crippen molar-refractivity contribution in [3.8, 4) is 0 Å². The maximum atomic E-state index is 11.9. The van der Waals surface area contributed by atoms with Crippen LogP contribution in [0, 0.1) is 11.8 Å². The lowest BCUT2D eigenvalue weighted by Crippen LogP contribution is -2.46. The van der Waals surface area contributed by atoms with E-state index in [9.17, 15) is 5.11 Å². The molecule has 0 heterocycles. The van der Waals surface area contributed by atoms with Gasteiger partial charge in [-0.3, -0.25) is 0 Å². The van der Waals surface area contributed by atoms with E-state index < -0.39 is 5.60 Å². The van der Waals surface area contributed by atoms with Crippen LogP contribution in [0.3, 0.4) is 0 Å². The summed E-state index contributed by atoms with van der Waals surface area (Å²) in [4.78, 5) is 0. The van der Waals surface area contributed by atoms with Gasteiger partial charge in [0.15, 0.2) is 0 Å². The first kappa shape index (κ1) is 17.1. The predicted molar refractivity (Wildman–Crippen MR) is 106 cm³/mol. The summed E-state index contributed by atoms with van der Waals surface area (Å²) in [6.45, 7) is 2.21. The second kappa shape index (κ2) is 6.78. The fraction of sp³-hybridized carbons (Fsp3) is 0.478. The van der Waals surface area contributed by atoms with Crippen LogP contribution in [0.2, 0.25) is 5.02 Å². The lowest BCUT2D eigenvalue weighted by molar-refractivity contribution is -0.0161. The van der Waals surface area contributed by atoms with Crippen molar-refractivity contribution >= 4 is 17.2 Å². The van der Waals surface area contributed by atoms with Gasteiger partial charge in [0.1, 0.15) is 0 Å². The van der Waals surface area contributed by atoms with E-state index in [-0.39, 0.29) is 5.92 Å². The Morgan fingerprint density at radius 2 is 2.00 bits per heavy atom. The van der Waals surface area contributed by atoms with E-state index in [0.29, 0.717) is 0 Å². The molecule has 132 valence electrons. The predicted octanol–water partition coefficient (Wildman–Crippen LogP) is 6.33. The first-order chi connectivity index (χ1) is 12.1. The van der Waals surface area contributed by atoms with Gasteiger partial charge in [0.2, 0.25) is 0 Å².